The second-order valence-corrected chi connectivity index (χ2v) is 5.37. The Hall–Kier alpha value is -3.03. The molecule has 134 valence electrons. The summed E-state index contributed by atoms with van der Waals surface area (Å²) in [6.45, 7) is 0. The van der Waals surface area contributed by atoms with Gasteiger partial charge in [-0.2, -0.15) is 13.2 Å². The molecule has 0 N–H and O–H groups in total. The smallest absolute Gasteiger partial charge is 0.433 e. The minimum absolute atomic E-state index is 0.000139. The fourth-order valence-electron chi connectivity index (χ4n) is 2.66. The van der Waals surface area contributed by atoms with Gasteiger partial charge in [-0.15, -0.1) is 0 Å². The van der Waals surface area contributed by atoms with Crippen molar-refractivity contribution in [3.8, 4) is 11.1 Å². The standard InChI is InChI=1S/C18H10F5NO2/c1-26-17(25)15-14(9-2-4-10(19)5-3-9)12-7-6-11(20)8-13(12)16(24-15)18(21,22)23/h2-8H,1H3. The summed E-state index contributed by atoms with van der Waals surface area (Å²) >= 11 is 0. The largest absolute Gasteiger partial charge is 0.464 e. The third kappa shape index (κ3) is 3.10. The Morgan fingerprint density at radius 2 is 1.58 bits per heavy atom. The van der Waals surface area contributed by atoms with Gasteiger partial charge in [0.2, 0.25) is 0 Å². The molecule has 0 atom stereocenters. The van der Waals surface area contributed by atoms with Gasteiger partial charge < -0.3 is 4.74 Å². The number of pyridine rings is 1. The van der Waals surface area contributed by atoms with Crippen LogP contribution in [0.2, 0.25) is 0 Å². The van der Waals surface area contributed by atoms with Crippen LogP contribution in [0.4, 0.5) is 22.0 Å². The number of hydrogen-bond donors (Lipinski definition) is 0. The number of hydrogen-bond acceptors (Lipinski definition) is 3. The van der Waals surface area contributed by atoms with Gasteiger partial charge in [-0.05, 0) is 35.2 Å². The molecule has 1 heterocycles. The first-order valence-electron chi connectivity index (χ1n) is 7.27. The number of halogens is 5. The van der Waals surface area contributed by atoms with Crippen LogP contribution in [0.15, 0.2) is 42.5 Å². The van der Waals surface area contributed by atoms with Crippen LogP contribution in [-0.2, 0) is 10.9 Å². The first-order chi connectivity index (χ1) is 12.2. The van der Waals surface area contributed by atoms with Crippen LogP contribution in [0.1, 0.15) is 16.2 Å². The summed E-state index contributed by atoms with van der Waals surface area (Å²) in [5.41, 5.74) is -1.76. The van der Waals surface area contributed by atoms with Crippen LogP contribution in [0.3, 0.4) is 0 Å². The summed E-state index contributed by atoms with van der Waals surface area (Å²) in [6, 6.07) is 7.53. The van der Waals surface area contributed by atoms with E-state index in [9.17, 15) is 26.7 Å². The maximum Gasteiger partial charge on any atom is 0.433 e. The Morgan fingerprint density at radius 3 is 2.15 bits per heavy atom. The molecular weight excluding hydrogens is 357 g/mol. The van der Waals surface area contributed by atoms with E-state index in [4.69, 9.17) is 0 Å². The Bertz CT molecular complexity index is 997. The predicted molar refractivity (Wildman–Crippen MR) is 83.4 cm³/mol. The molecule has 3 rings (SSSR count). The molecule has 0 unspecified atom stereocenters. The Labute approximate surface area is 144 Å². The van der Waals surface area contributed by atoms with E-state index in [1.54, 1.807) is 0 Å². The average molecular weight is 367 g/mol. The van der Waals surface area contributed by atoms with E-state index < -0.39 is 40.6 Å². The molecule has 0 bridgehead atoms. The van der Waals surface area contributed by atoms with Crippen molar-refractivity contribution in [3.63, 3.8) is 0 Å². The number of aromatic nitrogens is 1. The number of carbonyl (C=O) groups is 1. The topological polar surface area (TPSA) is 39.2 Å². The first-order valence-corrected chi connectivity index (χ1v) is 7.27. The van der Waals surface area contributed by atoms with Crippen LogP contribution in [0, 0.1) is 11.6 Å². The van der Waals surface area contributed by atoms with Crippen LogP contribution in [0.25, 0.3) is 21.9 Å². The lowest BCUT2D eigenvalue weighted by Gasteiger charge is -2.16. The molecular formula is C18H10F5NO2. The molecule has 0 fully saturated rings. The fourth-order valence-corrected chi connectivity index (χ4v) is 2.66. The zero-order valence-electron chi connectivity index (χ0n) is 13.2. The second-order valence-electron chi connectivity index (χ2n) is 5.37. The quantitative estimate of drug-likeness (QED) is 0.473. The van der Waals surface area contributed by atoms with Gasteiger partial charge in [0.15, 0.2) is 11.4 Å². The van der Waals surface area contributed by atoms with E-state index in [0.717, 1.165) is 31.4 Å². The van der Waals surface area contributed by atoms with Crippen LogP contribution < -0.4 is 0 Å². The summed E-state index contributed by atoms with van der Waals surface area (Å²) < 4.78 is 71.5. The predicted octanol–water partition coefficient (Wildman–Crippen LogP) is 4.99. The van der Waals surface area contributed by atoms with Crippen LogP contribution in [-0.4, -0.2) is 18.1 Å². The molecule has 3 nitrogen and oxygen atoms in total. The van der Waals surface area contributed by atoms with E-state index in [-0.39, 0.29) is 16.5 Å². The average Bonchev–Trinajstić information content (AvgIpc) is 2.59. The van der Waals surface area contributed by atoms with Crippen LogP contribution in [0.5, 0.6) is 0 Å². The lowest BCUT2D eigenvalue weighted by atomic mass is 9.95. The molecule has 0 aliphatic rings. The molecule has 1 aromatic heterocycles. The minimum atomic E-state index is -4.92. The molecule has 0 spiro atoms. The van der Waals surface area contributed by atoms with Gasteiger partial charge in [0, 0.05) is 10.9 Å². The number of fused-ring (bicyclic) bond motifs is 1. The lowest BCUT2D eigenvalue weighted by Crippen LogP contribution is -2.15. The number of ether oxygens (including phenoxy) is 1. The minimum Gasteiger partial charge on any atom is -0.464 e. The molecule has 0 saturated carbocycles. The van der Waals surface area contributed by atoms with Crippen molar-refractivity contribution in [3.05, 3.63) is 65.5 Å². The SMILES string of the molecule is COC(=O)c1nc(C(F)(F)F)c2cc(F)ccc2c1-c1ccc(F)cc1. The Morgan fingerprint density at radius 1 is 0.962 bits per heavy atom. The summed E-state index contributed by atoms with van der Waals surface area (Å²) in [4.78, 5) is 15.5. The highest BCUT2D eigenvalue weighted by Crippen LogP contribution is 2.39. The van der Waals surface area contributed by atoms with Crippen molar-refractivity contribution >= 4 is 16.7 Å². The van der Waals surface area contributed by atoms with E-state index in [2.05, 4.69) is 9.72 Å². The molecule has 0 aliphatic heterocycles. The van der Waals surface area contributed by atoms with Gasteiger partial charge in [0.1, 0.15) is 11.6 Å². The van der Waals surface area contributed by atoms with Gasteiger partial charge in [-0.1, -0.05) is 18.2 Å². The molecule has 0 saturated heterocycles. The second kappa shape index (κ2) is 6.36. The van der Waals surface area contributed by atoms with Gasteiger partial charge >= 0.3 is 12.1 Å². The maximum absolute atomic E-state index is 13.6. The number of rotatable bonds is 2. The zero-order chi connectivity index (χ0) is 19.1. The number of carbonyl (C=O) groups excluding carboxylic acids is 1. The van der Waals surface area contributed by atoms with Crippen molar-refractivity contribution in [2.75, 3.05) is 7.11 Å². The van der Waals surface area contributed by atoms with E-state index >= 15 is 0 Å². The Balaban J connectivity index is 2.48. The lowest BCUT2D eigenvalue weighted by molar-refractivity contribution is -0.139. The monoisotopic (exact) mass is 367 g/mol. The molecule has 8 heteroatoms. The number of methoxy groups -OCH3 is 1. The summed E-state index contributed by atoms with van der Waals surface area (Å²) in [7, 11) is 1.00. The summed E-state index contributed by atoms with van der Waals surface area (Å²) in [5, 5.41) is -0.565. The molecule has 0 amide bonds. The van der Waals surface area contributed by atoms with Gasteiger partial charge in [-0.3, -0.25) is 0 Å². The van der Waals surface area contributed by atoms with E-state index in [1.165, 1.54) is 12.1 Å². The molecule has 0 radical (unpaired) electrons. The van der Waals surface area contributed by atoms with Crippen LogP contribution >= 0.6 is 0 Å². The number of esters is 1. The highest BCUT2D eigenvalue weighted by Gasteiger charge is 2.37. The molecule has 0 aliphatic carbocycles. The van der Waals surface area contributed by atoms with E-state index in [0.29, 0.717) is 6.07 Å². The summed E-state index contributed by atoms with van der Waals surface area (Å²) in [5.74, 6) is -2.55. The molecule has 2 aromatic carbocycles. The van der Waals surface area contributed by atoms with Gasteiger partial charge in [0.25, 0.3) is 0 Å². The zero-order valence-corrected chi connectivity index (χ0v) is 13.2. The van der Waals surface area contributed by atoms with Crippen molar-refractivity contribution in [1.82, 2.24) is 4.98 Å². The maximum atomic E-state index is 13.6. The highest BCUT2D eigenvalue weighted by atomic mass is 19.4. The Kier molecular flexibility index (Phi) is 4.35. The van der Waals surface area contributed by atoms with Gasteiger partial charge in [0.05, 0.1) is 7.11 Å². The normalized spacial score (nSPS) is 11.6. The number of nitrogens with zero attached hydrogens (tertiary/aromatic N) is 1. The molecule has 3 aromatic rings. The van der Waals surface area contributed by atoms with E-state index in [1.807, 2.05) is 0 Å². The number of alkyl halides is 3. The highest BCUT2D eigenvalue weighted by molar-refractivity contribution is 6.07. The third-order valence-corrected chi connectivity index (χ3v) is 3.75. The fraction of sp³-hybridized carbons (Fsp3) is 0.111. The van der Waals surface area contributed by atoms with Crippen molar-refractivity contribution in [1.29, 1.82) is 0 Å². The number of benzene rings is 2. The first kappa shape index (κ1) is 17.8. The summed E-state index contributed by atoms with van der Waals surface area (Å²) in [6.07, 6.45) is -4.92. The molecule has 26 heavy (non-hydrogen) atoms. The van der Waals surface area contributed by atoms with Crippen molar-refractivity contribution in [2.45, 2.75) is 6.18 Å². The van der Waals surface area contributed by atoms with Crippen molar-refractivity contribution in [2.24, 2.45) is 0 Å². The van der Waals surface area contributed by atoms with Gasteiger partial charge in [-0.25, -0.2) is 18.6 Å². The van der Waals surface area contributed by atoms with Crippen molar-refractivity contribution < 1.29 is 31.5 Å². The third-order valence-electron chi connectivity index (χ3n) is 3.75.